The molecule has 1 aliphatic heterocycles. The van der Waals surface area contributed by atoms with Crippen LogP contribution in [-0.2, 0) is 13.1 Å². The molecule has 3 nitrogen and oxygen atoms in total. The molecule has 1 fully saturated rings. The maximum Gasteiger partial charge on any atom is 0.122 e. The highest BCUT2D eigenvalue weighted by molar-refractivity contribution is 5.16. The standard InChI is InChI=1S/C15H26N2O/c1-3-13-5-4-8-17(9-6-13)12-14-7-10-18-15(14)11-16-2/h7,10,13,16H,3-6,8-9,11-12H2,1-2H3. The summed E-state index contributed by atoms with van der Waals surface area (Å²) in [5, 5.41) is 3.16. The number of nitrogens with one attached hydrogen (secondary N) is 1. The Morgan fingerprint density at radius 1 is 1.39 bits per heavy atom. The van der Waals surface area contributed by atoms with E-state index in [2.05, 4.69) is 23.2 Å². The highest BCUT2D eigenvalue weighted by Gasteiger charge is 2.17. The average Bonchev–Trinajstić information content (AvgIpc) is 2.68. The van der Waals surface area contributed by atoms with Gasteiger partial charge in [-0.3, -0.25) is 4.90 Å². The molecule has 3 heteroatoms. The molecule has 1 atom stereocenters. The minimum absolute atomic E-state index is 0.827. The first-order chi connectivity index (χ1) is 8.83. The summed E-state index contributed by atoms with van der Waals surface area (Å²) in [6.07, 6.45) is 7.26. The molecule has 1 aromatic heterocycles. The van der Waals surface area contributed by atoms with E-state index in [-0.39, 0.29) is 0 Å². The fourth-order valence-electron chi connectivity index (χ4n) is 2.86. The molecule has 0 aliphatic carbocycles. The number of nitrogens with zero attached hydrogens (tertiary/aromatic N) is 1. The van der Waals surface area contributed by atoms with Crippen molar-refractivity contribution in [3.63, 3.8) is 0 Å². The second-order valence-electron chi connectivity index (χ2n) is 5.38. The largest absolute Gasteiger partial charge is 0.468 e. The monoisotopic (exact) mass is 250 g/mol. The SMILES string of the molecule is CCC1CCCN(Cc2ccoc2CNC)CC1. The average molecular weight is 250 g/mol. The predicted molar refractivity (Wildman–Crippen MR) is 74.4 cm³/mol. The van der Waals surface area contributed by atoms with Gasteiger partial charge in [0, 0.05) is 12.1 Å². The van der Waals surface area contributed by atoms with Gasteiger partial charge in [-0.25, -0.2) is 0 Å². The summed E-state index contributed by atoms with van der Waals surface area (Å²) >= 11 is 0. The third kappa shape index (κ3) is 3.59. The molecule has 1 aliphatic rings. The third-order valence-electron chi connectivity index (χ3n) is 4.09. The molecule has 2 rings (SSSR count). The fraction of sp³-hybridized carbons (Fsp3) is 0.733. The number of hydrogen-bond acceptors (Lipinski definition) is 3. The van der Waals surface area contributed by atoms with E-state index in [1.165, 1.54) is 44.3 Å². The first kappa shape index (κ1) is 13.6. The van der Waals surface area contributed by atoms with Crippen LogP contribution in [0.4, 0.5) is 0 Å². The van der Waals surface area contributed by atoms with Crippen LogP contribution in [0.2, 0.25) is 0 Å². The maximum absolute atomic E-state index is 5.53. The lowest BCUT2D eigenvalue weighted by atomic mass is 9.98. The summed E-state index contributed by atoms with van der Waals surface area (Å²) in [4.78, 5) is 2.58. The Labute approximate surface area is 111 Å². The lowest BCUT2D eigenvalue weighted by molar-refractivity contribution is 0.269. The van der Waals surface area contributed by atoms with Crippen LogP contribution in [0.15, 0.2) is 16.7 Å². The Morgan fingerprint density at radius 3 is 3.06 bits per heavy atom. The molecule has 0 saturated carbocycles. The van der Waals surface area contributed by atoms with Crippen molar-refractivity contribution in [2.45, 2.75) is 45.7 Å². The molecule has 1 unspecified atom stereocenters. The molecule has 102 valence electrons. The quantitative estimate of drug-likeness (QED) is 0.871. The molecule has 0 spiro atoms. The molecule has 1 N–H and O–H groups in total. The molecule has 1 aromatic rings. The smallest absolute Gasteiger partial charge is 0.122 e. The maximum atomic E-state index is 5.53. The lowest BCUT2D eigenvalue weighted by Crippen LogP contribution is -2.25. The molecule has 0 bridgehead atoms. The number of furan rings is 1. The molecular weight excluding hydrogens is 224 g/mol. The van der Waals surface area contributed by atoms with E-state index in [1.54, 1.807) is 0 Å². The van der Waals surface area contributed by atoms with Crippen molar-refractivity contribution < 1.29 is 4.42 Å². The van der Waals surface area contributed by atoms with E-state index >= 15 is 0 Å². The molecule has 0 amide bonds. The van der Waals surface area contributed by atoms with Gasteiger partial charge in [-0.15, -0.1) is 0 Å². The van der Waals surface area contributed by atoms with Crippen LogP contribution in [0.25, 0.3) is 0 Å². The zero-order valence-corrected chi connectivity index (χ0v) is 11.7. The molecule has 0 radical (unpaired) electrons. The second-order valence-corrected chi connectivity index (χ2v) is 5.38. The van der Waals surface area contributed by atoms with Gasteiger partial charge in [-0.2, -0.15) is 0 Å². The van der Waals surface area contributed by atoms with Gasteiger partial charge in [0.25, 0.3) is 0 Å². The van der Waals surface area contributed by atoms with E-state index < -0.39 is 0 Å². The summed E-state index contributed by atoms with van der Waals surface area (Å²) in [7, 11) is 1.96. The minimum atomic E-state index is 0.827. The molecule has 2 heterocycles. The van der Waals surface area contributed by atoms with Crippen molar-refractivity contribution in [3.05, 3.63) is 23.7 Å². The van der Waals surface area contributed by atoms with Crippen LogP contribution in [0.5, 0.6) is 0 Å². The Bertz CT molecular complexity index is 348. The van der Waals surface area contributed by atoms with Crippen molar-refractivity contribution >= 4 is 0 Å². The van der Waals surface area contributed by atoms with Crippen molar-refractivity contribution in [2.75, 3.05) is 20.1 Å². The van der Waals surface area contributed by atoms with Gasteiger partial charge in [0.05, 0.1) is 12.8 Å². The van der Waals surface area contributed by atoms with E-state index in [0.29, 0.717) is 0 Å². The van der Waals surface area contributed by atoms with Gasteiger partial charge in [0.15, 0.2) is 0 Å². The highest BCUT2D eigenvalue weighted by atomic mass is 16.3. The van der Waals surface area contributed by atoms with Gasteiger partial charge in [0.1, 0.15) is 5.76 Å². The van der Waals surface area contributed by atoms with Crippen LogP contribution in [0.3, 0.4) is 0 Å². The molecular formula is C15H26N2O. The summed E-state index contributed by atoms with van der Waals surface area (Å²) in [6.45, 7) is 6.67. The lowest BCUT2D eigenvalue weighted by Gasteiger charge is -2.19. The van der Waals surface area contributed by atoms with Gasteiger partial charge in [-0.05, 0) is 51.4 Å². The topological polar surface area (TPSA) is 28.4 Å². The van der Waals surface area contributed by atoms with Gasteiger partial charge >= 0.3 is 0 Å². The van der Waals surface area contributed by atoms with Crippen LogP contribution < -0.4 is 5.32 Å². The Kier molecular flexibility index (Phi) is 5.26. The van der Waals surface area contributed by atoms with Crippen LogP contribution in [0.1, 0.15) is 43.9 Å². The highest BCUT2D eigenvalue weighted by Crippen LogP contribution is 2.22. The number of rotatable bonds is 5. The first-order valence-corrected chi connectivity index (χ1v) is 7.25. The second kappa shape index (κ2) is 6.95. The van der Waals surface area contributed by atoms with Gasteiger partial charge in [0.2, 0.25) is 0 Å². The molecule has 0 aromatic carbocycles. The van der Waals surface area contributed by atoms with Crippen molar-refractivity contribution in [2.24, 2.45) is 5.92 Å². The van der Waals surface area contributed by atoms with E-state index in [1.807, 2.05) is 13.3 Å². The Hall–Kier alpha value is -0.800. The van der Waals surface area contributed by atoms with Crippen LogP contribution in [0, 0.1) is 5.92 Å². The first-order valence-electron chi connectivity index (χ1n) is 7.25. The number of hydrogen-bond donors (Lipinski definition) is 1. The van der Waals surface area contributed by atoms with E-state index in [0.717, 1.165) is 24.8 Å². The fourth-order valence-corrected chi connectivity index (χ4v) is 2.86. The van der Waals surface area contributed by atoms with Crippen LogP contribution >= 0.6 is 0 Å². The molecule has 18 heavy (non-hydrogen) atoms. The summed E-state index contributed by atoms with van der Waals surface area (Å²) < 4.78 is 5.53. The summed E-state index contributed by atoms with van der Waals surface area (Å²) in [6, 6.07) is 2.12. The Balaban J connectivity index is 1.90. The van der Waals surface area contributed by atoms with Crippen LogP contribution in [-0.4, -0.2) is 25.0 Å². The van der Waals surface area contributed by atoms with Crippen molar-refractivity contribution in [1.29, 1.82) is 0 Å². The third-order valence-corrected chi connectivity index (χ3v) is 4.09. The predicted octanol–water partition coefficient (Wildman–Crippen LogP) is 3.01. The zero-order valence-electron chi connectivity index (χ0n) is 11.7. The van der Waals surface area contributed by atoms with E-state index in [4.69, 9.17) is 4.42 Å². The minimum Gasteiger partial charge on any atom is -0.468 e. The van der Waals surface area contributed by atoms with Gasteiger partial charge < -0.3 is 9.73 Å². The van der Waals surface area contributed by atoms with Crippen molar-refractivity contribution in [3.8, 4) is 0 Å². The normalized spacial score (nSPS) is 22.0. The van der Waals surface area contributed by atoms with Crippen molar-refractivity contribution in [1.82, 2.24) is 10.2 Å². The molecule has 1 saturated heterocycles. The van der Waals surface area contributed by atoms with E-state index in [9.17, 15) is 0 Å². The zero-order chi connectivity index (χ0) is 12.8. The Morgan fingerprint density at radius 2 is 2.28 bits per heavy atom. The number of likely N-dealkylation sites (tertiary alicyclic amines) is 1. The summed E-state index contributed by atoms with van der Waals surface area (Å²) in [5.41, 5.74) is 1.35. The van der Waals surface area contributed by atoms with Gasteiger partial charge in [-0.1, -0.05) is 13.3 Å². The summed E-state index contributed by atoms with van der Waals surface area (Å²) in [5.74, 6) is 2.03.